The van der Waals surface area contributed by atoms with E-state index in [9.17, 15) is 8.42 Å². The lowest BCUT2D eigenvalue weighted by atomic mass is 10.1. The minimum absolute atomic E-state index is 0.0211. The first-order chi connectivity index (χ1) is 12.9. The molecule has 8 heteroatoms. The molecule has 0 radical (unpaired) electrons. The maximum absolute atomic E-state index is 11.7. The van der Waals surface area contributed by atoms with Crippen molar-refractivity contribution < 1.29 is 13.6 Å². The van der Waals surface area contributed by atoms with Crippen molar-refractivity contribution in [1.29, 1.82) is 0 Å². The average molecular weight is 404 g/mol. The number of halogens is 1. The van der Waals surface area contributed by atoms with Crippen molar-refractivity contribution in [2.75, 3.05) is 0 Å². The number of hydrogen-bond donors (Lipinski definition) is 2. The summed E-state index contributed by atoms with van der Waals surface area (Å²) in [6, 6.07) is 14.1. The second kappa shape index (κ2) is 6.76. The van der Waals surface area contributed by atoms with E-state index in [0.717, 1.165) is 41.0 Å². The van der Waals surface area contributed by atoms with Gasteiger partial charge in [-0.15, -0.1) is 0 Å². The third kappa shape index (κ3) is 3.51. The standard InChI is InChI=1S/C19H18ClN3O3S/c1-12-10-14(4-9-17(12)20)19-11-18(13-2-3-13)21-23(19)15-5-7-16(8-6-15)27(25,26)22-24/h4-11,13,22,24H,2-3H2,1H3. The summed E-state index contributed by atoms with van der Waals surface area (Å²) >= 11 is 6.16. The molecule has 0 atom stereocenters. The Hall–Kier alpha value is -2.19. The number of aromatic nitrogens is 2. The fourth-order valence-corrected chi connectivity index (χ4v) is 3.72. The molecule has 6 nitrogen and oxygen atoms in total. The molecule has 1 heterocycles. The second-order valence-electron chi connectivity index (χ2n) is 6.69. The van der Waals surface area contributed by atoms with Crippen LogP contribution >= 0.6 is 11.6 Å². The first-order valence-corrected chi connectivity index (χ1v) is 10.4. The van der Waals surface area contributed by atoms with Crippen LogP contribution in [0.2, 0.25) is 5.02 Å². The van der Waals surface area contributed by atoms with E-state index in [1.54, 1.807) is 12.1 Å². The molecule has 0 aliphatic heterocycles. The number of sulfonamides is 1. The van der Waals surface area contributed by atoms with Crippen LogP contribution in [0.15, 0.2) is 53.4 Å². The van der Waals surface area contributed by atoms with E-state index in [4.69, 9.17) is 21.9 Å². The minimum atomic E-state index is -3.91. The van der Waals surface area contributed by atoms with E-state index in [-0.39, 0.29) is 4.90 Å². The smallest absolute Gasteiger partial charge is 0.262 e. The van der Waals surface area contributed by atoms with Gasteiger partial charge in [0.05, 0.1) is 22.0 Å². The van der Waals surface area contributed by atoms with Crippen LogP contribution in [0.1, 0.15) is 30.0 Å². The number of benzene rings is 2. The highest BCUT2D eigenvalue weighted by molar-refractivity contribution is 7.89. The molecule has 3 aromatic rings. The zero-order chi connectivity index (χ0) is 19.2. The molecule has 1 fully saturated rings. The Bertz CT molecular complexity index is 1100. The van der Waals surface area contributed by atoms with Crippen LogP contribution < -0.4 is 4.89 Å². The molecule has 27 heavy (non-hydrogen) atoms. The van der Waals surface area contributed by atoms with Gasteiger partial charge in [0, 0.05) is 16.5 Å². The molecular weight excluding hydrogens is 386 g/mol. The Morgan fingerprint density at radius 2 is 1.85 bits per heavy atom. The Morgan fingerprint density at radius 1 is 1.15 bits per heavy atom. The third-order valence-corrected chi connectivity index (χ3v) is 6.25. The Balaban J connectivity index is 1.81. The Kier molecular flexibility index (Phi) is 4.55. The van der Waals surface area contributed by atoms with Crippen molar-refractivity contribution in [3.05, 3.63) is 64.8 Å². The summed E-state index contributed by atoms with van der Waals surface area (Å²) < 4.78 is 25.2. The molecule has 1 aliphatic carbocycles. The van der Waals surface area contributed by atoms with Crippen molar-refractivity contribution in [1.82, 2.24) is 14.7 Å². The maximum atomic E-state index is 11.7. The van der Waals surface area contributed by atoms with Crippen LogP contribution in [0.3, 0.4) is 0 Å². The van der Waals surface area contributed by atoms with E-state index in [1.807, 2.05) is 29.8 Å². The molecule has 2 aromatic carbocycles. The Morgan fingerprint density at radius 3 is 2.44 bits per heavy atom. The summed E-state index contributed by atoms with van der Waals surface area (Å²) in [5, 5.41) is 14.2. The second-order valence-corrected chi connectivity index (χ2v) is 8.76. The lowest BCUT2D eigenvalue weighted by Gasteiger charge is -2.10. The molecule has 0 spiro atoms. The highest BCUT2D eigenvalue weighted by Gasteiger charge is 2.28. The number of nitrogens with one attached hydrogen (secondary N) is 1. The van der Waals surface area contributed by atoms with Crippen LogP contribution in [-0.2, 0) is 10.0 Å². The number of aryl methyl sites for hydroxylation is 1. The first kappa shape index (κ1) is 18.2. The van der Waals surface area contributed by atoms with Gasteiger partial charge >= 0.3 is 0 Å². The predicted octanol–water partition coefficient (Wildman–Crippen LogP) is 4.05. The fourth-order valence-electron chi connectivity index (χ4n) is 3.00. The monoisotopic (exact) mass is 403 g/mol. The topological polar surface area (TPSA) is 84.2 Å². The summed E-state index contributed by atoms with van der Waals surface area (Å²) in [6.07, 6.45) is 2.27. The fraction of sp³-hybridized carbons (Fsp3) is 0.211. The zero-order valence-corrected chi connectivity index (χ0v) is 16.1. The van der Waals surface area contributed by atoms with Gasteiger partial charge in [-0.25, -0.2) is 13.1 Å². The minimum Gasteiger partial charge on any atom is -0.302 e. The van der Waals surface area contributed by atoms with E-state index in [2.05, 4.69) is 6.07 Å². The van der Waals surface area contributed by atoms with Crippen molar-refractivity contribution in [3.63, 3.8) is 0 Å². The number of rotatable bonds is 5. The van der Waals surface area contributed by atoms with E-state index < -0.39 is 10.0 Å². The number of hydrogen-bond acceptors (Lipinski definition) is 4. The van der Waals surface area contributed by atoms with Gasteiger partial charge in [0.2, 0.25) is 0 Å². The zero-order valence-electron chi connectivity index (χ0n) is 14.6. The van der Waals surface area contributed by atoms with E-state index in [1.165, 1.54) is 17.0 Å². The van der Waals surface area contributed by atoms with Gasteiger partial charge in [0.25, 0.3) is 10.0 Å². The maximum Gasteiger partial charge on any atom is 0.262 e. The van der Waals surface area contributed by atoms with Crippen molar-refractivity contribution in [2.45, 2.75) is 30.6 Å². The Labute approximate surface area is 162 Å². The summed E-state index contributed by atoms with van der Waals surface area (Å²) in [4.78, 5) is 1.31. The van der Waals surface area contributed by atoms with Crippen molar-refractivity contribution >= 4 is 21.6 Å². The highest BCUT2D eigenvalue weighted by atomic mass is 35.5. The van der Waals surface area contributed by atoms with E-state index >= 15 is 0 Å². The third-order valence-electron chi connectivity index (χ3n) is 4.69. The van der Waals surface area contributed by atoms with Crippen molar-refractivity contribution in [2.24, 2.45) is 0 Å². The summed E-state index contributed by atoms with van der Waals surface area (Å²) in [5.74, 6) is 0.483. The van der Waals surface area contributed by atoms with Gasteiger partial charge in [-0.2, -0.15) is 5.10 Å². The molecule has 1 aliphatic rings. The average Bonchev–Trinajstić information content (AvgIpc) is 3.43. The quantitative estimate of drug-likeness (QED) is 0.629. The molecule has 1 aromatic heterocycles. The molecule has 4 rings (SSSR count). The van der Waals surface area contributed by atoms with Crippen LogP contribution in [0.5, 0.6) is 0 Å². The first-order valence-electron chi connectivity index (χ1n) is 8.52. The van der Waals surface area contributed by atoms with Gasteiger partial charge in [0.15, 0.2) is 0 Å². The molecule has 0 unspecified atom stereocenters. The van der Waals surface area contributed by atoms with Gasteiger partial charge < -0.3 is 5.21 Å². The van der Waals surface area contributed by atoms with Gasteiger partial charge in [-0.3, -0.25) is 0 Å². The van der Waals surface area contributed by atoms with E-state index in [0.29, 0.717) is 10.9 Å². The molecule has 1 saturated carbocycles. The lowest BCUT2D eigenvalue weighted by Crippen LogP contribution is -2.19. The molecular formula is C19H18ClN3O3S. The van der Waals surface area contributed by atoms with Gasteiger partial charge in [-0.1, -0.05) is 22.6 Å². The normalized spacial score (nSPS) is 14.5. The van der Waals surface area contributed by atoms with Crippen LogP contribution in [0.25, 0.3) is 16.9 Å². The van der Waals surface area contributed by atoms with Crippen LogP contribution in [-0.4, -0.2) is 23.4 Å². The number of nitrogens with zero attached hydrogens (tertiary/aromatic N) is 2. The van der Waals surface area contributed by atoms with Gasteiger partial charge in [0.1, 0.15) is 0 Å². The summed E-state index contributed by atoms with van der Waals surface area (Å²) in [6.45, 7) is 1.95. The van der Waals surface area contributed by atoms with Crippen molar-refractivity contribution in [3.8, 4) is 16.9 Å². The predicted molar refractivity (Wildman–Crippen MR) is 103 cm³/mol. The molecule has 2 N–H and O–H groups in total. The SMILES string of the molecule is Cc1cc(-c2cc(C3CC3)nn2-c2ccc(S(=O)(=O)NO)cc2)ccc1Cl. The van der Waals surface area contributed by atoms with Crippen LogP contribution in [0, 0.1) is 6.92 Å². The highest BCUT2D eigenvalue weighted by Crippen LogP contribution is 2.41. The largest absolute Gasteiger partial charge is 0.302 e. The molecule has 0 bridgehead atoms. The summed E-state index contributed by atoms with van der Waals surface area (Å²) in [5.41, 5.74) is 4.66. The van der Waals surface area contributed by atoms with Crippen LogP contribution in [0.4, 0.5) is 0 Å². The molecule has 0 saturated heterocycles. The molecule has 0 amide bonds. The van der Waals surface area contributed by atoms with Gasteiger partial charge in [-0.05, 0) is 67.8 Å². The summed E-state index contributed by atoms with van der Waals surface area (Å²) in [7, 11) is -3.91. The molecule has 140 valence electrons. The lowest BCUT2D eigenvalue weighted by molar-refractivity contribution is 0.242.